The van der Waals surface area contributed by atoms with E-state index in [0.717, 1.165) is 12.1 Å². The highest BCUT2D eigenvalue weighted by Crippen LogP contribution is 2.47. The normalized spacial score (nSPS) is 15.2. The summed E-state index contributed by atoms with van der Waals surface area (Å²) in [5, 5.41) is 15.8. The highest BCUT2D eigenvalue weighted by Gasteiger charge is 2.43. The molecule has 0 spiro atoms. The first-order valence-electron chi connectivity index (χ1n) is 8.10. The second-order valence-corrected chi connectivity index (χ2v) is 6.21. The zero-order valence-corrected chi connectivity index (χ0v) is 16.5. The molecular weight excluding hydrogens is 432 g/mol. The molecule has 0 unspecified atom stereocenters. The Bertz CT molecular complexity index is 733. The molecule has 134 valence electrons. The first-order valence-corrected chi connectivity index (χ1v) is 8.10. The Morgan fingerprint density at radius 1 is 1.16 bits per heavy atom. The van der Waals surface area contributed by atoms with E-state index in [4.69, 9.17) is 0 Å². The molecule has 0 bridgehead atoms. The summed E-state index contributed by atoms with van der Waals surface area (Å²) in [6, 6.07) is 14.9. The molecule has 2 aromatic carbocycles. The molecule has 3 N–H and O–H groups in total. The first kappa shape index (κ1) is 19.5. The summed E-state index contributed by atoms with van der Waals surface area (Å²) >= 11 is 0. The summed E-state index contributed by atoms with van der Waals surface area (Å²) < 4.78 is 13.4. The fourth-order valence-corrected chi connectivity index (χ4v) is 2.83. The highest BCUT2D eigenvalue weighted by molar-refractivity contribution is 14.0. The number of aromatic hydroxyl groups is 1. The molecule has 4 nitrogen and oxygen atoms in total. The van der Waals surface area contributed by atoms with Gasteiger partial charge >= 0.3 is 0 Å². The predicted molar refractivity (Wildman–Crippen MR) is 109 cm³/mol. The third-order valence-electron chi connectivity index (χ3n) is 4.53. The Kier molecular flexibility index (Phi) is 6.64. The van der Waals surface area contributed by atoms with E-state index in [1.165, 1.54) is 30.5 Å². The van der Waals surface area contributed by atoms with Crippen LogP contribution in [0.15, 0.2) is 53.5 Å². The number of guanidine groups is 1. The lowest BCUT2D eigenvalue weighted by Crippen LogP contribution is -2.40. The average Bonchev–Trinajstić information content (AvgIpc) is 3.40. The second kappa shape index (κ2) is 8.51. The number of phenols is 1. The van der Waals surface area contributed by atoms with E-state index >= 15 is 0 Å². The molecule has 0 radical (unpaired) electrons. The van der Waals surface area contributed by atoms with Crippen LogP contribution in [0.1, 0.15) is 24.0 Å². The van der Waals surface area contributed by atoms with Crippen LogP contribution >= 0.6 is 24.0 Å². The minimum absolute atomic E-state index is 0. The summed E-state index contributed by atoms with van der Waals surface area (Å²) in [5.74, 6) is -0.260. The molecule has 2 aromatic rings. The van der Waals surface area contributed by atoms with Gasteiger partial charge in [0, 0.05) is 25.6 Å². The van der Waals surface area contributed by atoms with Crippen LogP contribution in [0.3, 0.4) is 0 Å². The van der Waals surface area contributed by atoms with Gasteiger partial charge in [0.2, 0.25) is 0 Å². The number of rotatable bonds is 5. The number of hydrogen-bond donors (Lipinski definition) is 3. The molecule has 25 heavy (non-hydrogen) atoms. The molecule has 1 fully saturated rings. The van der Waals surface area contributed by atoms with Crippen LogP contribution in [0.5, 0.6) is 5.75 Å². The molecule has 0 atom stereocenters. The van der Waals surface area contributed by atoms with Gasteiger partial charge < -0.3 is 15.7 Å². The van der Waals surface area contributed by atoms with Gasteiger partial charge in [-0.2, -0.15) is 0 Å². The van der Waals surface area contributed by atoms with Crippen LogP contribution in [0.25, 0.3) is 0 Å². The summed E-state index contributed by atoms with van der Waals surface area (Å²) in [6.07, 6.45) is 2.34. The summed E-state index contributed by atoms with van der Waals surface area (Å²) in [6.45, 7) is 1.26. The molecule has 0 amide bonds. The van der Waals surface area contributed by atoms with E-state index in [1.807, 2.05) is 6.07 Å². The van der Waals surface area contributed by atoms with Gasteiger partial charge in [0.1, 0.15) is 0 Å². The summed E-state index contributed by atoms with van der Waals surface area (Å²) in [7, 11) is 1.72. The Hall–Kier alpha value is -1.83. The number of phenolic OH excluding ortho intramolecular Hbond substituents is 1. The standard InChI is InChI=1S/C19H22FN3O.HI/c1-21-18(22-12-14-7-8-17(24)16(20)11-14)23-13-19(9-10-19)15-5-3-2-4-6-15;/h2-8,11,24H,9-10,12-13H2,1H3,(H2,21,22,23);1H. The van der Waals surface area contributed by atoms with Crippen molar-refractivity contribution in [2.45, 2.75) is 24.8 Å². The van der Waals surface area contributed by atoms with Crippen LogP contribution in [0.2, 0.25) is 0 Å². The smallest absolute Gasteiger partial charge is 0.191 e. The zero-order valence-electron chi connectivity index (χ0n) is 14.1. The third-order valence-corrected chi connectivity index (χ3v) is 4.53. The lowest BCUT2D eigenvalue weighted by molar-refractivity contribution is 0.431. The van der Waals surface area contributed by atoms with Crippen molar-refractivity contribution in [2.24, 2.45) is 4.99 Å². The maximum absolute atomic E-state index is 13.4. The minimum Gasteiger partial charge on any atom is -0.505 e. The lowest BCUT2D eigenvalue weighted by atomic mass is 9.96. The number of nitrogens with one attached hydrogen (secondary N) is 2. The van der Waals surface area contributed by atoms with Crippen molar-refractivity contribution >= 4 is 29.9 Å². The SMILES string of the molecule is CN=C(NCc1ccc(O)c(F)c1)NCC1(c2ccccc2)CC1.I. The molecule has 1 aliphatic carbocycles. The van der Waals surface area contributed by atoms with Gasteiger partial charge in [0.15, 0.2) is 17.5 Å². The molecular formula is C19H23FIN3O. The van der Waals surface area contributed by atoms with E-state index in [-0.39, 0.29) is 35.1 Å². The van der Waals surface area contributed by atoms with E-state index in [0.29, 0.717) is 12.5 Å². The van der Waals surface area contributed by atoms with Gasteiger partial charge in [-0.15, -0.1) is 24.0 Å². The van der Waals surface area contributed by atoms with Gasteiger partial charge in [-0.1, -0.05) is 36.4 Å². The summed E-state index contributed by atoms with van der Waals surface area (Å²) in [5.41, 5.74) is 2.30. The molecule has 0 aliphatic heterocycles. The van der Waals surface area contributed by atoms with Crippen molar-refractivity contribution in [3.63, 3.8) is 0 Å². The fourth-order valence-electron chi connectivity index (χ4n) is 2.83. The van der Waals surface area contributed by atoms with Crippen LogP contribution in [0, 0.1) is 5.82 Å². The monoisotopic (exact) mass is 455 g/mol. The summed E-state index contributed by atoms with van der Waals surface area (Å²) in [4.78, 5) is 4.22. The Labute approximate surface area is 164 Å². The third kappa shape index (κ3) is 4.84. The number of hydrogen-bond acceptors (Lipinski definition) is 2. The van der Waals surface area contributed by atoms with Crippen LogP contribution in [-0.2, 0) is 12.0 Å². The maximum Gasteiger partial charge on any atom is 0.191 e. The minimum atomic E-state index is -0.613. The molecule has 0 saturated heterocycles. The van der Waals surface area contributed by atoms with E-state index < -0.39 is 5.82 Å². The van der Waals surface area contributed by atoms with Crippen molar-refractivity contribution in [1.29, 1.82) is 0 Å². The fraction of sp³-hybridized carbons (Fsp3) is 0.316. The number of aliphatic imine (C=N–C) groups is 1. The second-order valence-electron chi connectivity index (χ2n) is 6.21. The lowest BCUT2D eigenvalue weighted by Gasteiger charge is -2.19. The van der Waals surface area contributed by atoms with Gasteiger partial charge in [0.25, 0.3) is 0 Å². The molecule has 1 aliphatic rings. The highest BCUT2D eigenvalue weighted by atomic mass is 127. The van der Waals surface area contributed by atoms with Gasteiger partial charge in [-0.3, -0.25) is 4.99 Å². The number of halogens is 2. The van der Waals surface area contributed by atoms with Gasteiger partial charge in [-0.25, -0.2) is 4.39 Å². The average molecular weight is 455 g/mol. The quantitative estimate of drug-likeness (QED) is 0.367. The number of benzene rings is 2. The zero-order chi connectivity index (χ0) is 17.0. The molecule has 0 heterocycles. The molecule has 3 rings (SSSR count). The predicted octanol–water partition coefficient (Wildman–Crippen LogP) is 3.55. The largest absolute Gasteiger partial charge is 0.505 e. The van der Waals surface area contributed by atoms with E-state index in [1.54, 1.807) is 13.1 Å². The van der Waals surface area contributed by atoms with E-state index in [2.05, 4.69) is 39.9 Å². The Morgan fingerprint density at radius 2 is 1.88 bits per heavy atom. The Morgan fingerprint density at radius 3 is 2.48 bits per heavy atom. The van der Waals surface area contributed by atoms with Crippen molar-refractivity contribution < 1.29 is 9.50 Å². The van der Waals surface area contributed by atoms with Crippen molar-refractivity contribution in [3.8, 4) is 5.75 Å². The van der Waals surface area contributed by atoms with E-state index in [9.17, 15) is 9.50 Å². The number of nitrogens with zero attached hydrogens (tertiary/aromatic N) is 1. The molecule has 1 saturated carbocycles. The first-order chi connectivity index (χ1) is 11.6. The molecule has 6 heteroatoms. The van der Waals surface area contributed by atoms with Gasteiger partial charge in [-0.05, 0) is 36.1 Å². The van der Waals surface area contributed by atoms with Crippen molar-refractivity contribution in [1.82, 2.24) is 10.6 Å². The van der Waals surface area contributed by atoms with Gasteiger partial charge in [0.05, 0.1) is 0 Å². The Balaban J connectivity index is 0.00000225. The van der Waals surface area contributed by atoms with Crippen molar-refractivity contribution in [3.05, 3.63) is 65.5 Å². The van der Waals surface area contributed by atoms with Crippen LogP contribution < -0.4 is 10.6 Å². The van der Waals surface area contributed by atoms with Crippen molar-refractivity contribution in [2.75, 3.05) is 13.6 Å². The molecule has 0 aromatic heterocycles. The van der Waals surface area contributed by atoms with Crippen LogP contribution in [-0.4, -0.2) is 24.7 Å². The van der Waals surface area contributed by atoms with Crippen LogP contribution in [0.4, 0.5) is 4.39 Å². The topological polar surface area (TPSA) is 56.7 Å². The maximum atomic E-state index is 13.4.